The second kappa shape index (κ2) is 4.00. The predicted molar refractivity (Wildman–Crippen MR) is 60.9 cm³/mol. The van der Waals surface area contributed by atoms with Gasteiger partial charge in [0.1, 0.15) is 5.82 Å². The molecule has 0 saturated carbocycles. The van der Waals surface area contributed by atoms with Crippen LogP contribution in [0, 0.1) is 5.41 Å². The first kappa shape index (κ1) is 9.51. The van der Waals surface area contributed by atoms with E-state index in [4.69, 9.17) is 11.1 Å². The van der Waals surface area contributed by atoms with Gasteiger partial charge in [-0.25, -0.2) is 0 Å². The maximum absolute atomic E-state index is 6.86. The minimum Gasteiger partial charge on any atom is -0.385 e. The molecule has 5 nitrogen and oxygen atoms in total. The van der Waals surface area contributed by atoms with Gasteiger partial charge in [-0.15, -0.1) is 0 Å². The molecule has 2 aromatic rings. The topological polar surface area (TPSA) is 79.7 Å². The van der Waals surface area contributed by atoms with E-state index in [1.165, 1.54) is 6.34 Å². The highest BCUT2D eigenvalue weighted by Crippen LogP contribution is 2.18. The third-order valence-corrected chi connectivity index (χ3v) is 2.29. The Kier molecular flexibility index (Phi) is 2.53. The van der Waals surface area contributed by atoms with Gasteiger partial charge < -0.3 is 15.6 Å². The Morgan fingerprint density at radius 2 is 2.47 bits per heavy atom. The minimum atomic E-state index is 0.687. The van der Waals surface area contributed by atoms with E-state index >= 15 is 0 Å². The molecule has 78 valence electrons. The first-order valence-corrected chi connectivity index (χ1v) is 4.75. The predicted octanol–water partition coefficient (Wildman–Crippen LogP) is 0.815. The smallest absolute Gasteiger partial charge is 0.105 e. The molecule has 0 amide bonds. The number of hydrogen-bond donors (Lipinski definition) is 3. The first-order valence-electron chi connectivity index (χ1n) is 4.75. The second-order valence-electron chi connectivity index (χ2n) is 3.23. The quantitative estimate of drug-likeness (QED) is 0.391. The molecule has 0 saturated heterocycles. The highest BCUT2D eigenvalue weighted by atomic mass is 15.1. The number of hydrogen-bond acceptors (Lipinski definition) is 3. The van der Waals surface area contributed by atoms with E-state index in [9.17, 15) is 0 Å². The van der Waals surface area contributed by atoms with Crippen LogP contribution in [0.3, 0.4) is 0 Å². The summed E-state index contributed by atoms with van der Waals surface area (Å²) in [6, 6.07) is 5.74. The number of nitrogens with zero attached hydrogens (tertiary/aromatic N) is 2. The van der Waals surface area contributed by atoms with Crippen molar-refractivity contribution in [3.63, 3.8) is 0 Å². The van der Waals surface area contributed by atoms with Crippen molar-refractivity contribution >= 4 is 23.2 Å². The molecule has 4 N–H and O–H groups in total. The van der Waals surface area contributed by atoms with Gasteiger partial charge in [-0.2, -0.15) is 0 Å². The van der Waals surface area contributed by atoms with Crippen LogP contribution in [0.4, 0.5) is 5.82 Å². The van der Waals surface area contributed by atoms with Crippen molar-refractivity contribution in [3.8, 4) is 0 Å². The average molecular weight is 203 g/mol. The van der Waals surface area contributed by atoms with Crippen LogP contribution in [0.1, 0.15) is 0 Å². The minimum absolute atomic E-state index is 0.687. The molecular weight excluding hydrogens is 190 g/mol. The van der Waals surface area contributed by atoms with E-state index in [1.807, 2.05) is 22.8 Å². The molecule has 2 heterocycles. The third kappa shape index (κ3) is 1.76. The molecule has 0 aliphatic carbocycles. The largest absolute Gasteiger partial charge is 0.385 e. The number of nitrogens with two attached hydrogens (primary N) is 1. The molecule has 2 rings (SSSR count). The van der Waals surface area contributed by atoms with Gasteiger partial charge in [-0.3, -0.25) is 10.4 Å². The highest BCUT2D eigenvalue weighted by Gasteiger charge is 2.05. The molecule has 0 aromatic carbocycles. The van der Waals surface area contributed by atoms with Gasteiger partial charge in [0.25, 0.3) is 0 Å². The van der Waals surface area contributed by atoms with Crippen LogP contribution in [0.5, 0.6) is 0 Å². The molecule has 0 aliphatic heterocycles. The zero-order valence-corrected chi connectivity index (χ0v) is 8.27. The highest BCUT2D eigenvalue weighted by molar-refractivity contribution is 5.80. The fourth-order valence-electron chi connectivity index (χ4n) is 1.60. The molecule has 0 bridgehead atoms. The number of nitrogen functional groups attached to an aromatic ring is 1. The normalized spacial score (nSPS) is 10.4. The van der Waals surface area contributed by atoms with Gasteiger partial charge >= 0.3 is 0 Å². The number of nitrogens with one attached hydrogen (secondary N) is 2. The van der Waals surface area contributed by atoms with Gasteiger partial charge in [-0.1, -0.05) is 0 Å². The van der Waals surface area contributed by atoms with Crippen LogP contribution in [-0.2, 0) is 6.54 Å². The van der Waals surface area contributed by atoms with Gasteiger partial charge in [0.05, 0.1) is 17.4 Å². The molecule has 15 heavy (non-hydrogen) atoms. The maximum Gasteiger partial charge on any atom is 0.105 e. The van der Waals surface area contributed by atoms with Crippen LogP contribution in [0.25, 0.3) is 11.0 Å². The number of pyridine rings is 1. The summed E-state index contributed by atoms with van der Waals surface area (Å²) in [6.07, 6.45) is 2.93. The summed E-state index contributed by atoms with van der Waals surface area (Å²) in [4.78, 5) is 4.22. The molecule has 0 spiro atoms. The van der Waals surface area contributed by atoms with E-state index in [-0.39, 0.29) is 0 Å². The molecule has 0 radical (unpaired) electrons. The molecule has 5 heteroatoms. The number of aromatic nitrogens is 2. The maximum atomic E-state index is 6.86. The first-order chi connectivity index (χ1) is 7.33. The number of anilines is 1. The molecule has 0 atom stereocenters. The Morgan fingerprint density at radius 1 is 1.60 bits per heavy atom. The van der Waals surface area contributed by atoms with Crippen molar-refractivity contribution < 1.29 is 0 Å². The summed E-state index contributed by atoms with van der Waals surface area (Å²) in [5.74, 6) is 0.704. The standard InChI is InChI=1S/C10H13N5/c11-7-13-4-5-15-9-2-1-3-14-8(9)6-10(15)12/h1-3,6-7H,4-5,12H2,(H2,11,13). The summed E-state index contributed by atoms with van der Waals surface area (Å²) in [5, 5.41) is 9.68. The number of rotatable bonds is 4. The molecule has 0 aliphatic rings. The zero-order valence-electron chi connectivity index (χ0n) is 8.27. The molecule has 0 fully saturated rings. The lowest BCUT2D eigenvalue weighted by Gasteiger charge is -2.06. The third-order valence-electron chi connectivity index (χ3n) is 2.29. The van der Waals surface area contributed by atoms with Crippen molar-refractivity contribution in [2.45, 2.75) is 6.54 Å². The van der Waals surface area contributed by atoms with Crippen LogP contribution in [-0.4, -0.2) is 22.4 Å². The van der Waals surface area contributed by atoms with Crippen molar-refractivity contribution in [1.29, 1.82) is 5.41 Å². The monoisotopic (exact) mass is 203 g/mol. The van der Waals surface area contributed by atoms with E-state index in [0.717, 1.165) is 17.6 Å². The molecule has 0 unspecified atom stereocenters. The van der Waals surface area contributed by atoms with Crippen LogP contribution in [0.2, 0.25) is 0 Å². The summed E-state index contributed by atoms with van der Waals surface area (Å²) in [7, 11) is 0. The zero-order chi connectivity index (χ0) is 10.7. The van der Waals surface area contributed by atoms with Gasteiger partial charge in [0.2, 0.25) is 0 Å². The van der Waals surface area contributed by atoms with Crippen molar-refractivity contribution in [3.05, 3.63) is 24.4 Å². The SMILES string of the molecule is N=CNCCn1c(N)cc2ncccc21. The molecule has 2 aromatic heterocycles. The lowest BCUT2D eigenvalue weighted by atomic mass is 10.4. The second-order valence-corrected chi connectivity index (χ2v) is 3.23. The van der Waals surface area contributed by atoms with Crippen LogP contribution >= 0.6 is 0 Å². The van der Waals surface area contributed by atoms with Crippen molar-refractivity contribution in [2.24, 2.45) is 0 Å². The van der Waals surface area contributed by atoms with Crippen molar-refractivity contribution in [2.75, 3.05) is 12.3 Å². The van der Waals surface area contributed by atoms with E-state index in [1.54, 1.807) is 6.20 Å². The Balaban J connectivity index is 2.32. The summed E-state index contributed by atoms with van der Waals surface area (Å²) in [6.45, 7) is 1.42. The number of fused-ring (bicyclic) bond motifs is 1. The molecular formula is C10H13N5. The Labute approximate surface area is 87.4 Å². The van der Waals surface area contributed by atoms with Crippen molar-refractivity contribution in [1.82, 2.24) is 14.9 Å². The van der Waals surface area contributed by atoms with E-state index in [2.05, 4.69) is 10.3 Å². The Hall–Kier alpha value is -2.04. The van der Waals surface area contributed by atoms with E-state index in [0.29, 0.717) is 12.4 Å². The van der Waals surface area contributed by atoms with Gasteiger partial charge in [0.15, 0.2) is 0 Å². The fourth-order valence-corrected chi connectivity index (χ4v) is 1.60. The van der Waals surface area contributed by atoms with Gasteiger partial charge in [-0.05, 0) is 12.1 Å². The Bertz CT molecular complexity index is 474. The van der Waals surface area contributed by atoms with Gasteiger partial charge in [0, 0.05) is 25.4 Å². The van der Waals surface area contributed by atoms with Crippen LogP contribution < -0.4 is 11.1 Å². The van der Waals surface area contributed by atoms with Crippen LogP contribution in [0.15, 0.2) is 24.4 Å². The summed E-state index contributed by atoms with van der Waals surface area (Å²) in [5.41, 5.74) is 7.81. The fraction of sp³-hybridized carbons (Fsp3) is 0.200. The Morgan fingerprint density at radius 3 is 3.27 bits per heavy atom. The summed E-state index contributed by atoms with van der Waals surface area (Å²) >= 11 is 0. The van der Waals surface area contributed by atoms with E-state index < -0.39 is 0 Å². The average Bonchev–Trinajstić information content (AvgIpc) is 2.56. The lowest BCUT2D eigenvalue weighted by molar-refractivity contribution is 0.706. The summed E-state index contributed by atoms with van der Waals surface area (Å²) < 4.78 is 1.98. The lowest BCUT2D eigenvalue weighted by Crippen LogP contribution is -2.18.